The number of likely N-dealkylation sites (tertiary alicyclic amines) is 1. The normalized spacial score (nSPS) is 15.2. The van der Waals surface area contributed by atoms with Crippen LogP contribution in [0.2, 0.25) is 5.02 Å². The number of piperidine rings is 1. The van der Waals surface area contributed by atoms with Crippen LogP contribution < -0.4 is 10.1 Å². The maximum Gasteiger partial charge on any atom is 0.291 e. The first kappa shape index (κ1) is 19.6. The fourth-order valence-electron chi connectivity index (χ4n) is 3.48. The lowest BCUT2D eigenvalue weighted by atomic mass is 10.1. The number of anilines is 1. The molecule has 2 aromatic carbocycles. The van der Waals surface area contributed by atoms with Crippen molar-refractivity contribution in [2.75, 3.05) is 18.4 Å². The molecule has 0 radical (unpaired) electrons. The van der Waals surface area contributed by atoms with E-state index >= 15 is 0 Å². The number of amides is 1. The van der Waals surface area contributed by atoms with Gasteiger partial charge in [0.2, 0.25) is 0 Å². The topological polar surface area (TPSA) is 54.7 Å². The lowest BCUT2D eigenvalue weighted by Gasteiger charge is -2.32. The van der Waals surface area contributed by atoms with Gasteiger partial charge in [-0.25, -0.2) is 0 Å². The van der Waals surface area contributed by atoms with Gasteiger partial charge in [0, 0.05) is 25.3 Å². The molecule has 1 aliphatic rings. The Bertz CT molecular complexity index is 936. The fraction of sp³-hybridized carbons (Fsp3) is 0.261. The van der Waals surface area contributed by atoms with Gasteiger partial charge in [-0.05, 0) is 48.7 Å². The highest BCUT2D eigenvalue weighted by atomic mass is 35.5. The maximum absolute atomic E-state index is 12.1. The Kier molecular flexibility index (Phi) is 6.17. The van der Waals surface area contributed by atoms with E-state index in [0.29, 0.717) is 16.5 Å². The maximum atomic E-state index is 12.1. The Morgan fingerprint density at radius 2 is 1.90 bits per heavy atom. The van der Waals surface area contributed by atoms with Gasteiger partial charge in [-0.1, -0.05) is 41.9 Å². The highest BCUT2D eigenvalue weighted by Gasteiger charge is 2.21. The van der Waals surface area contributed by atoms with Crippen molar-refractivity contribution < 1.29 is 13.9 Å². The van der Waals surface area contributed by atoms with E-state index < -0.39 is 0 Å². The SMILES string of the molecule is O=C(Nc1ccc(OC2CCN(Cc3ccccc3)CC2)c(Cl)c1)c1ccco1. The summed E-state index contributed by atoms with van der Waals surface area (Å²) in [6.07, 6.45) is 3.52. The van der Waals surface area contributed by atoms with Crippen molar-refractivity contribution in [3.63, 3.8) is 0 Å². The standard InChI is InChI=1S/C23H23ClN2O3/c24-20-15-18(25-23(27)22-7-4-14-28-22)8-9-21(20)29-19-10-12-26(13-11-19)16-17-5-2-1-3-6-17/h1-9,14-15,19H,10-13,16H2,(H,25,27). The van der Waals surface area contributed by atoms with Gasteiger partial charge >= 0.3 is 0 Å². The molecule has 0 aliphatic carbocycles. The molecule has 1 fully saturated rings. The van der Waals surface area contributed by atoms with Crippen LogP contribution in [0.1, 0.15) is 29.0 Å². The molecular formula is C23H23ClN2O3. The van der Waals surface area contributed by atoms with E-state index in [4.69, 9.17) is 20.8 Å². The van der Waals surface area contributed by atoms with Gasteiger partial charge in [0.25, 0.3) is 5.91 Å². The van der Waals surface area contributed by atoms with Gasteiger partial charge in [-0.15, -0.1) is 0 Å². The smallest absolute Gasteiger partial charge is 0.291 e. The minimum Gasteiger partial charge on any atom is -0.489 e. The number of rotatable bonds is 6. The van der Waals surface area contributed by atoms with Crippen molar-refractivity contribution in [2.45, 2.75) is 25.5 Å². The zero-order chi connectivity index (χ0) is 20.1. The van der Waals surface area contributed by atoms with Crippen LogP contribution in [0.25, 0.3) is 0 Å². The molecule has 0 spiro atoms. The highest BCUT2D eigenvalue weighted by molar-refractivity contribution is 6.32. The number of hydrogen-bond acceptors (Lipinski definition) is 4. The van der Waals surface area contributed by atoms with Gasteiger partial charge < -0.3 is 14.5 Å². The van der Waals surface area contributed by atoms with Crippen LogP contribution in [-0.2, 0) is 6.54 Å². The summed E-state index contributed by atoms with van der Waals surface area (Å²) in [5.41, 5.74) is 1.93. The first-order chi connectivity index (χ1) is 14.2. The average Bonchev–Trinajstić information content (AvgIpc) is 3.27. The van der Waals surface area contributed by atoms with Crippen LogP contribution in [0.15, 0.2) is 71.3 Å². The molecule has 1 aromatic heterocycles. The lowest BCUT2D eigenvalue weighted by Crippen LogP contribution is -2.37. The summed E-state index contributed by atoms with van der Waals surface area (Å²) in [7, 11) is 0. The van der Waals surface area contributed by atoms with Crippen LogP contribution >= 0.6 is 11.6 Å². The zero-order valence-corrected chi connectivity index (χ0v) is 16.8. The zero-order valence-electron chi connectivity index (χ0n) is 16.0. The summed E-state index contributed by atoms with van der Waals surface area (Å²) in [4.78, 5) is 14.5. The van der Waals surface area contributed by atoms with Crippen molar-refractivity contribution in [3.05, 3.63) is 83.3 Å². The molecule has 6 heteroatoms. The third-order valence-corrected chi connectivity index (χ3v) is 5.31. The molecule has 1 aliphatic heterocycles. The molecular weight excluding hydrogens is 388 g/mol. The Hall–Kier alpha value is -2.76. The van der Waals surface area contributed by atoms with E-state index in [1.54, 1.807) is 30.3 Å². The van der Waals surface area contributed by atoms with E-state index in [1.807, 2.05) is 6.07 Å². The minimum atomic E-state index is -0.314. The van der Waals surface area contributed by atoms with Crippen molar-refractivity contribution in [1.82, 2.24) is 4.90 Å². The number of benzene rings is 2. The monoisotopic (exact) mass is 410 g/mol. The van der Waals surface area contributed by atoms with E-state index in [2.05, 4.69) is 34.5 Å². The number of carbonyl (C=O) groups is 1. The van der Waals surface area contributed by atoms with Crippen LogP contribution in [0.5, 0.6) is 5.75 Å². The summed E-state index contributed by atoms with van der Waals surface area (Å²) in [6, 6.07) is 19.1. The molecule has 0 saturated carbocycles. The quantitative estimate of drug-likeness (QED) is 0.604. The van der Waals surface area contributed by atoms with Crippen LogP contribution in [0.4, 0.5) is 5.69 Å². The lowest BCUT2D eigenvalue weighted by molar-refractivity contribution is 0.0968. The van der Waals surface area contributed by atoms with E-state index in [1.165, 1.54) is 11.8 Å². The van der Waals surface area contributed by atoms with Crippen LogP contribution in [0.3, 0.4) is 0 Å². The number of ether oxygens (including phenoxy) is 1. The molecule has 0 atom stereocenters. The summed E-state index contributed by atoms with van der Waals surface area (Å²) in [6.45, 7) is 2.96. The second kappa shape index (κ2) is 9.16. The van der Waals surface area contributed by atoms with Crippen molar-refractivity contribution in [3.8, 4) is 5.75 Å². The number of furan rings is 1. The molecule has 150 valence electrons. The number of nitrogens with one attached hydrogen (secondary N) is 1. The molecule has 4 rings (SSSR count). The largest absolute Gasteiger partial charge is 0.489 e. The van der Waals surface area contributed by atoms with Crippen LogP contribution in [-0.4, -0.2) is 30.0 Å². The number of halogens is 1. The highest BCUT2D eigenvalue weighted by Crippen LogP contribution is 2.30. The number of carbonyl (C=O) groups excluding carboxylic acids is 1. The molecule has 29 heavy (non-hydrogen) atoms. The Balaban J connectivity index is 1.29. The molecule has 1 amide bonds. The van der Waals surface area contributed by atoms with E-state index in [-0.39, 0.29) is 17.8 Å². The second-order valence-electron chi connectivity index (χ2n) is 7.16. The first-order valence-electron chi connectivity index (χ1n) is 9.75. The molecule has 0 unspecified atom stereocenters. The van der Waals surface area contributed by atoms with Gasteiger partial charge in [0.15, 0.2) is 5.76 Å². The van der Waals surface area contributed by atoms with Crippen molar-refractivity contribution in [1.29, 1.82) is 0 Å². The predicted molar refractivity (Wildman–Crippen MR) is 113 cm³/mol. The third kappa shape index (κ3) is 5.19. The van der Waals surface area contributed by atoms with Crippen molar-refractivity contribution >= 4 is 23.2 Å². The Morgan fingerprint density at radius 1 is 1.10 bits per heavy atom. The fourth-order valence-corrected chi connectivity index (χ4v) is 3.71. The molecule has 1 N–H and O–H groups in total. The Labute approximate surface area is 175 Å². The van der Waals surface area contributed by atoms with Gasteiger partial charge in [-0.2, -0.15) is 0 Å². The summed E-state index contributed by atoms with van der Waals surface area (Å²) in [5.74, 6) is 0.582. The molecule has 0 bridgehead atoms. The van der Waals surface area contributed by atoms with Gasteiger partial charge in [0.05, 0.1) is 11.3 Å². The van der Waals surface area contributed by atoms with Crippen molar-refractivity contribution in [2.24, 2.45) is 0 Å². The number of nitrogens with zero attached hydrogens (tertiary/aromatic N) is 1. The van der Waals surface area contributed by atoms with E-state index in [9.17, 15) is 4.79 Å². The van der Waals surface area contributed by atoms with Gasteiger partial charge in [0.1, 0.15) is 11.9 Å². The number of hydrogen-bond donors (Lipinski definition) is 1. The van der Waals surface area contributed by atoms with Crippen LogP contribution in [0, 0.1) is 0 Å². The summed E-state index contributed by atoms with van der Waals surface area (Å²) < 4.78 is 11.2. The second-order valence-corrected chi connectivity index (χ2v) is 7.56. The molecule has 5 nitrogen and oxygen atoms in total. The Morgan fingerprint density at radius 3 is 2.59 bits per heavy atom. The molecule has 3 aromatic rings. The summed E-state index contributed by atoms with van der Waals surface area (Å²) in [5, 5.41) is 3.25. The molecule has 1 saturated heterocycles. The minimum absolute atomic E-state index is 0.142. The summed E-state index contributed by atoms with van der Waals surface area (Å²) >= 11 is 6.38. The van der Waals surface area contributed by atoms with E-state index in [0.717, 1.165) is 32.5 Å². The van der Waals surface area contributed by atoms with Gasteiger partial charge in [-0.3, -0.25) is 9.69 Å². The third-order valence-electron chi connectivity index (χ3n) is 5.01. The molecule has 2 heterocycles. The predicted octanol–water partition coefficient (Wildman–Crippen LogP) is 5.23. The first-order valence-corrected chi connectivity index (χ1v) is 10.1. The average molecular weight is 411 g/mol.